The van der Waals surface area contributed by atoms with Gasteiger partial charge in [0.25, 0.3) is 0 Å². The molecule has 1 aromatic rings. The first-order chi connectivity index (χ1) is 6.74. The van der Waals surface area contributed by atoms with Crippen molar-refractivity contribution in [3.63, 3.8) is 0 Å². The maximum Gasteiger partial charge on any atom is 0.133 e. The van der Waals surface area contributed by atoms with E-state index in [0.717, 1.165) is 12.8 Å². The first-order valence-electron chi connectivity index (χ1n) is 5.15. The van der Waals surface area contributed by atoms with Crippen LogP contribution in [0.2, 0.25) is 0 Å². The van der Waals surface area contributed by atoms with E-state index in [-0.39, 0.29) is 0 Å². The summed E-state index contributed by atoms with van der Waals surface area (Å²) in [5.41, 5.74) is 2.42. The standard InChI is InChI=1S/C12H17NO/c1-3-4-12(14)6-5-11-9-13-8-7-10(11)2/h7-9H,3-6H2,1-2H3. The molecule has 1 rings (SSSR count). The van der Waals surface area contributed by atoms with Gasteiger partial charge in [-0.2, -0.15) is 0 Å². The van der Waals surface area contributed by atoms with E-state index in [9.17, 15) is 4.79 Å². The van der Waals surface area contributed by atoms with Gasteiger partial charge < -0.3 is 0 Å². The minimum absolute atomic E-state index is 0.357. The predicted molar refractivity (Wildman–Crippen MR) is 57.2 cm³/mol. The van der Waals surface area contributed by atoms with Crippen LogP contribution in [-0.2, 0) is 11.2 Å². The summed E-state index contributed by atoms with van der Waals surface area (Å²) >= 11 is 0. The van der Waals surface area contributed by atoms with E-state index in [4.69, 9.17) is 0 Å². The largest absolute Gasteiger partial charge is 0.300 e. The Balaban J connectivity index is 2.46. The molecule has 0 N–H and O–H groups in total. The maximum absolute atomic E-state index is 11.3. The van der Waals surface area contributed by atoms with Crippen molar-refractivity contribution in [2.24, 2.45) is 0 Å². The van der Waals surface area contributed by atoms with Crippen LogP contribution in [0.15, 0.2) is 18.5 Å². The van der Waals surface area contributed by atoms with Gasteiger partial charge in [-0.15, -0.1) is 0 Å². The van der Waals surface area contributed by atoms with E-state index in [1.54, 1.807) is 6.20 Å². The van der Waals surface area contributed by atoms with Gasteiger partial charge in [0.05, 0.1) is 0 Å². The molecule has 0 aliphatic heterocycles. The Morgan fingerprint density at radius 1 is 1.43 bits per heavy atom. The monoisotopic (exact) mass is 191 g/mol. The van der Waals surface area contributed by atoms with Crippen LogP contribution in [0.1, 0.15) is 37.3 Å². The average molecular weight is 191 g/mol. The van der Waals surface area contributed by atoms with Crippen molar-refractivity contribution in [2.45, 2.75) is 39.5 Å². The Morgan fingerprint density at radius 2 is 2.21 bits per heavy atom. The van der Waals surface area contributed by atoms with Gasteiger partial charge in [0.2, 0.25) is 0 Å². The molecular formula is C12H17NO. The number of ketones is 1. The number of hydrogen-bond acceptors (Lipinski definition) is 2. The maximum atomic E-state index is 11.3. The van der Waals surface area contributed by atoms with Crippen LogP contribution < -0.4 is 0 Å². The summed E-state index contributed by atoms with van der Waals surface area (Å²) in [6.45, 7) is 4.09. The Hall–Kier alpha value is -1.18. The number of carbonyl (C=O) groups excluding carboxylic acids is 1. The van der Waals surface area contributed by atoms with Crippen molar-refractivity contribution in [1.29, 1.82) is 0 Å². The molecule has 2 nitrogen and oxygen atoms in total. The quantitative estimate of drug-likeness (QED) is 0.716. The van der Waals surface area contributed by atoms with E-state index in [1.807, 2.05) is 19.2 Å². The second-order valence-electron chi connectivity index (χ2n) is 3.59. The van der Waals surface area contributed by atoms with E-state index in [0.29, 0.717) is 18.6 Å². The molecule has 76 valence electrons. The molecule has 2 heteroatoms. The summed E-state index contributed by atoms with van der Waals surface area (Å²) in [5.74, 6) is 0.357. The van der Waals surface area contributed by atoms with Crippen LogP contribution in [0.5, 0.6) is 0 Å². The summed E-state index contributed by atoms with van der Waals surface area (Å²) in [5, 5.41) is 0. The number of Topliss-reactive ketones (excluding diaryl/α,β-unsaturated/α-hetero) is 1. The van der Waals surface area contributed by atoms with Crippen molar-refractivity contribution in [3.8, 4) is 0 Å². The van der Waals surface area contributed by atoms with Crippen molar-refractivity contribution < 1.29 is 4.79 Å². The third kappa shape index (κ3) is 3.29. The lowest BCUT2D eigenvalue weighted by atomic mass is 10.0. The third-order valence-electron chi connectivity index (χ3n) is 2.35. The smallest absolute Gasteiger partial charge is 0.133 e. The minimum atomic E-state index is 0.357. The third-order valence-corrected chi connectivity index (χ3v) is 2.35. The summed E-state index contributed by atoms with van der Waals surface area (Å²) in [7, 11) is 0. The molecular weight excluding hydrogens is 174 g/mol. The SMILES string of the molecule is CCCC(=O)CCc1cnccc1C. The first-order valence-corrected chi connectivity index (χ1v) is 5.15. The normalized spacial score (nSPS) is 10.1. The van der Waals surface area contributed by atoms with Crippen molar-refractivity contribution in [3.05, 3.63) is 29.6 Å². The van der Waals surface area contributed by atoms with Crippen LogP contribution in [0, 0.1) is 6.92 Å². The number of hydrogen-bond donors (Lipinski definition) is 0. The second kappa shape index (κ2) is 5.53. The van der Waals surface area contributed by atoms with Crippen molar-refractivity contribution >= 4 is 5.78 Å². The molecule has 0 aliphatic rings. The number of aromatic nitrogens is 1. The van der Waals surface area contributed by atoms with Gasteiger partial charge in [-0.1, -0.05) is 6.92 Å². The zero-order valence-electron chi connectivity index (χ0n) is 8.92. The molecule has 0 unspecified atom stereocenters. The van der Waals surface area contributed by atoms with Gasteiger partial charge in [-0.25, -0.2) is 0 Å². The van der Waals surface area contributed by atoms with Gasteiger partial charge in [0, 0.05) is 25.2 Å². The fraction of sp³-hybridized carbons (Fsp3) is 0.500. The van der Waals surface area contributed by atoms with Crippen LogP contribution in [0.25, 0.3) is 0 Å². The molecule has 1 heterocycles. The molecule has 0 aromatic carbocycles. The van der Waals surface area contributed by atoms with Gasteiger partial charge in [-0.05, 0) is 37.0 Å². The molecule has 0 amide bonds. The summed E-state index contributed by atoms with van der Waals surface area (Å²) < 4.78 is 0. The molecule has 0 saturated heterocycles. The highest BCUT2D eigenvalue weighted by Gasteiger charge is 2.03. The molecule has 0 atom stereocenters. The minimum Gasteiger partial charge on any atom is -0.300 e. The molecule has 0 radical (unpaired) electrons. The van der Waals surface area contributed by atoms with Crippen LogP contribution in [0.3, 0.4) is 0 Å². The molecule has 0 saturated carbocycles. The Kier molecular flexibility index (Phi) is 4.30. The van der Waals surface area contributed by atoms with Crippen LogP contribution in [-0.4, -0.2) is 10.8 Å². The summed E-state index contributed by atoms with van der Waals surface area (Å²) in [4.78, 5) is 15.4. The topological polar surface area (TPSA) is 30.0 Å². The highest BCUT2D eigenvalue weighted by molar-refractivity contribution is 5.78. The lowest BCUT2D eigenvalue weighted by Crippen LogP contribution is -2.00. The molecule has 1 aromatic heterocycles. The number of aryl methyl sites for hydroxylation is 2. The van der Waals surface area contributed by atoms with Crippen molar-refractivity contribution in [1.82, 2.24) is 4.98 Å². The molecule has 0 spiro atoms. The molecule has 0 bridgehead atoms. The number of pyridine rings is 1. The lowest BCUT2D eigenvalue weighted by Gasteiger charge is -2.03. The molecule has 0 fully saturated rings. The number of nitrogens with zero attached hydrogens (tertiary/aromatic N) is 1. The highest BCUT2D eigenvalue weighted by atomic mass is 16.1. The van der Waals surface area contributed by atoms with Crippen molar-refractivity contribution in [2.75, 3.05) is 0 Å². The zero-order chi connectivity index (χ0) is 10.4. The fourth-order valence-corrected chi connectivity index (χ4v) is 1.44. The molecule has 14 heavy (non-hydrogen) atoms. The van der Waals surface area contributed by atoms with Gasteiger partial charge in [-0.3, -0.25) is 9.78 Å². The van der Waals surface area contributed by atoms with E-state index in [1.165, 1.54) is 11.1 Å². The van der Waals surface area contributed by atoms with E-state index in [2.05, 4.69) is 11.9 Å². The Bertz CT molecular complexity index is 307. The highest BCUT2D eigenvalue weighted by Crippen LogP contribution is 2.08. The lowest BCUT2D eigenvalue weighted by molar-refractivity contribution is -0.119. The number of carbonyl (C=O) groups is 1. The van der Waals surface area contributed by atoms with Crippen LogP contribution in [0.4, 0.5) is 0 Å². The van der Waals surface area contributed by atoms with Crippen LogP contribution >= 0.6 is 0 Å². The van der Waals surface area contributed by atoms with E-state index >= 15 is 0 Å². The average Bonchev–Trinajstić information content (AvgIpc) is 2.17. The summed E-state index contributed by atoms with van der Waals surface area (Å²) in [6.07, 6.45) is 6.78. The first kappa shape index (κ1) is 10.9. The predicted octanol–water partition coefficient (Wildman–Crippen LogP) is 2.69. The van der Waals surface area contributed by atoms with Gasteiger partial charge >= 0.3 is 0 Å². The Morgan fingerprint density at radius 3 is 2.86 bits per heavy atom. The number of rotatable bonds is 5. The van der Waals surface area contributed by atoms with Gasteiger partial charge in [0.15, 0.2) is 0 Å². The summed E-state index contributed by atoms with van der Waals surface area (Å²) in [6, 6.07) is 1.99. The molecule has 0 aliphatic carbocycles. The fourth-order valence-electron chi connectivity index (χ4n) is 1.44. The second-order valence-corrected chi connectivity index (χ2v) is 3.59. The Labute approximate surface area is 85.4 Å². The van der Waals surface area contributed by atoms with Gasteiger partial charge in [0.1, 0.15) is 5.78 Å². The van der Waals surface area contributed by atoms with E-state index < -0.39 is 0 Å². The zero-order valence-corrected chi connectivity index (χ0v) is 8.92.